The van der Waals surface area contributed by atoms with Crippen LogP contribution in [0.15, 0.2) is 18.2 Å². The maximum Gasteiger partial charge on any atom is 0.337 e. The number of nitrogens with zero attached hydrogens (tertiary/aromatic N) is 1. The number of hydrogen-bond donors (Lipinski definition) is 2. The van der Waals surface area contributed by atoms with Gasteiger partial charge in [-0.3, -0.25) is 4.79 Å². The molecule has 23 heavy (non-hydrogen) atoms. The zero-order valence-electron chi connectivity index (χ0n) is 12.5. The number of rotatable bonds is 4. The summed E-state index contributed by atoms with van der Waals surface area (Å²) in [7, 11) is -3.23. The highest BCUT2D eigenvalue weighted by Crippen LogP contribution is 2.24. The van der Waals surface area contributed by atoms with Crippen molar-refractivity contribution >= 4 is 39.2 Å². The zero-order valence-corrected chi connectivity index (χ0v) is 14.0. The number of benzene rings is 1. The fraction of sp³-hybridized carbons (Fsp3) is 0.429. The Bertz CT molecular complexity index is 727. The van der Waals surface area contributed by atoms with Crippen molar-refractivity contribution in [3.05, 3.63) is 28.8 Å². The van der Waals surface area contributed by atoms with Crippen molar-refractivity contribution in [2.75, 3.05) is 24.7 Å². The van der Waals surface area contributed by atoms with Crippen molar-refractivity contribution in [2.24, 2.45) is 5.92 Å². The van der Waals surface area contributed by atoms with E-state index >= 15 is 0 Å². The van der Waals surface area contributed by atoms with E-state index in [0.717, 1.165) is 6.26 Å². The summed E-state index contributed by atoms with van der Waals surface area (Å²) in [6, 6.07) is 4.24. The number of sulfonamides is 1. The summed E-state index contributed by atoms with van der Waals surface area (Å²) in [6.07, 6.45) is 2.01. The zero-order chi connectivity index (χ0) is 17.2. The van der Waals surface area contributed by atoms with Crippen molar-refractivity contribution in [1.82, 2.24) is 4.31 Å². The number of halogens is 1. The lowest BCUT2D eigenvalue weighted by Crippen LogP contribution is -2.40. The first-order chi connectivity index (χ1) is 10.7. The van der Waals surface area contributed by atoms with E-state index in [4.69, 9.17) is 16.7 Å². The first-order valence-electron chi connectivity index (χ1n) is 6.97. The summed E-state index contributed by atoms with van der Waals surface area (Å²) in [5.41, 5.74) is 0.263. The van der Waals surface area contributed by atoms with E-state index in [2.05, 4.69) is 5.32 Å². The standard InChI is InChI=1S/C14H17ClN2O5S/c1-23(21,22)17-6-4-9(5-7-17)13(18)16-10-2-3-12(15)11(8-10)14(19)20/h2-3,8-9H,4-7H2,1H3,(H,16,18)(H,19,20). The molecule has 0 spiro atoms. The summed E-state index contributed by atoms with van der Waals surface area (Å²) in [5.74, 6) is -1.73. The molecule has 0 radical (unpaired) electrons. The minimum atomic E-state index is -3.23. The SMILES string of the molecule is CS(=O)(=O)N1CCC(C(=O)Nc2ccc(Cl)c(C(=O)O)c2)CC1. The van der Waals surface area contributed by atoms with Gasteiger partial charge in [-0.15, -0.1) is 0 Å². The minimum Gasteiger partial charge on any atom is -0.478 e. The Morgan fingerprint density at radius 3 is 2.43 bits per heavy atom. The molecule has 0 atom stereocenters. The second-order valence-corrected chi connectivity index (χ2v) is 7.81. The Kier molecular flexibility index (Phi) is 5.28. The van der Waals surface area contributed by atoms with Gasteiger partial charge in [0.25, 0.3) is 0 Å². The predicted molar refractivity (Wildman–Crippen MR) is 86.2 cm³/mol. The largest absolute Gasteiger partial charge is 0.478 e. The highest BCUT2D eigenvalue weighted by Gasteiger charge is 2.29. The molecule has 2 N–H and O–H groups in total. The minimum absolute atomic E-state index is 0.0867. The quantitative estimate of drug-likeness (QED) is 0.849. The molecule has 0 aromatic heterocycles. The van der Waals surface area contributed by atoms with E-state index < -0.39 is 16.0 Å². The number of carboxylic acid groups (broad SMARTS) is 1. The lowest BCUT2D eigenvalue weighted by Gasteiger charge is -2.29. The highest BCUT2D eigenvalue weighted by atomic mass is 35.5. The maximum absolute atomic E-state index is 12.2. The average molecular weight is 361 g/mol. The van der Waals surface area contributed by atoms with Gasteiger partial charge in [0.05, 0.1) is 16.8 Å². The summed E-state index contributed by atoms with van der Waals surface area (Å²) in [4.78, 5) is 23.3. The van der Waals surface area contributed by atoms with Crippen LogP contribution >= 0.6 is 11.6 Å². The average Bonchev–Trinajstić information content (AvgIpc) is 2.48. The Morgan fingerprint density at radius 2 is 1.91 bits per heavy atom. The number of aromatic carboxylic acids is 1. The number of anilines is 1. The first-order valence-corrected chi connectivity index (χ1v) is 9.20. The molecule has 0 bridgehead atoms. The van der Waals surface area contributed by atoms with Crippen LogP contribution in [0.3, 0.4) is 0 Å². The molecule has 1 heterocycles. The highest BCUT2D eigenvalue weighted by molar-refractivity contribution is 7.88. The van der Waals surface area contributed by atoms with Gasteiger partial charge >= 0.3 is 5.97 Å². The van der Waals surface area contributed by atoms with Gasteiger partial charge in [0.2, 0.25) is 15.9 Å². The molecule has 0 unspecified atom stereocenters. The number of amides is 1. The summed E-state index contributed by atoms with van der Waals surface area (Å²) < 4.78 is 24.2. The molecule has 1 aliphatic heterocycles. The van der Waals surface area contributed by atoms with Crippen LogP contribution in [-0.4, -0.2) is 49.1 Å². The smallest absolute Gasteiger partial charge is 0.337 e. The van der Waals surface area contributed by atoms with Gasteiger partial charge in [-0.1, -0.05) is 11.6 Å². The van der Waals surface area contributed by atoms with Crippen molar-refractivity contribution in [3.8, 4) is 0 Å². The number of carbonyl (C=O) groups is 2. The molecule has 2 rings (SSSR count). The van der Waals surface area contributed by atoms with E-state index in [0.29, 0.717) is 31.6 Å². The molecule has 1 saturated heterocycles. The molecule has 9 heteroatoms. The molecule has 1 fully saturated rings. The molecule has 0 aliphatic carbocycles. The Labute approximate surface area is 139 Å². The molecule has 1 aromatic carbocycles. The number of piperidine rings is 1. The third kappa shape index (κ3) is 4.43. The monoisotopic (exact) mass is 360 g/mol. The van der Waals surface area contributed by atoms with Gasteiger partial charge in [0, 0.05) is 24.7 Å². The van der Waals surface area contributed by atoms with Crippen LogP contribution in [0.5, 0.6) is 0 Å². The van der Waals surface area contributed by atoms with Crippen LogP contribution in [0, 0.1) is 5.92 Å². The number of carboxylic acids is 1. The second kappa shape index (κ2) is 6.86. The molecule has 7 nitrogen and oxygen atoms in total. The maximum atomic E-state index is 12.2. The van der Waals surface area contributed by atoms with Gasteiger partial charge in [-0.25, -0.2) is 17.5 Å². The summed E-state index contributed by atoms with van der Waals surface area (Å²) in [5, 5.41) is 11.8. The van der Waals surface area contributed by atoms with E-state index in [9.17, 15) is 18.0 Å². The van der Waals surface area contributed by atoms with E-state index in [1.165, 1.54) is 22.5 Å². The van der Waals surface area contributed by atoms with Crippen molar-refractivity contribution < 1.29 is 23.1 Å². The third-order valence-corrected chi connectivity index (χ3v) is 5.39. The molecule has 0 saturated carbocycles. The topological polar surface area (TPSA) is 104 Å². The first kappa shape index (κ1) is 17.7. The molecule has 1 aromatic rings. The Morgan fingerprint density at radius 1 is 1.30 bits per heavy atom. The fourth-order valence-electron chi connectivity index (χ4n) is 2.46. The molecular formula is C14H17ClN2O5S. The Hall–Kier alpha value is -1.64. The van der Waals surface area contributed by atoms with Crippen molar-refractivity contribution in [2.45, 2.75) is 12.8 Å². The lowest BCUT2D eigenvalue weighted by molar-refractivity contribution is -0.120. The van der Waals surface area contributed by atoms with E-state index in [-0.39, 0.29) is 22.4 Å². The molecular weight excluding hydrogens is 344 g/mol. The molecule has 1 amide bonds. The number of hydrogen-bond acceptors (Lipinski definition) is 4. The van der Waals surface area contributed by atoms with Crippen LogP contribution < -0.4 is 5.32 Å². The van der Waals surface area contributed by atoms with Gasteiger partial charge < -0.3 is 10.4 Å². The third-order valence-electron chi connectivity index (χ3n) is 3.76. The summed E-state index contributed by atoms with van der Waals surface area (Å²) >= 11 is 5.78. The van der Waals surface area contributed by atoms with Crippen LogP contribution in [0.4, 0.5) is 5.69 Å². The van der Waals surface area contributed by atoms with Crippen molar-refractivity contribution in [3.63, 3.8) is 0 Å². The fourth-order valence-corrected chi connectivity index (χ4v) is 3.53. The molecule has 126 valence electrons. The predicted octanol–water partition coefficient (Wildman–Crippen LogP) is 1.65. The van der Waals surface area contributed by atoms with Gasteiger partial charge in [-0.2, -0.15) is 0 Å². The van der Waals surface area contributed by atoms with E-state index in [1.54, 1.807) is 0 Å². The van der Waals surface area contributed by atoms with Crippen LogP contribution in [-0.2, 0) is 14.8 Å². The number of carbonyl (C=O) groups excluding carboxylic acids is 1. The van der Waals surface area contributed by atoms with E-state index in [1.807, 2.05) is 0 Å². The van der Waals surface area contributed by atoms with Gasteiger partial charge in [0.1, 0.15) is 0 Å². The second-order valence-electron chi connectivity index (χ2n) is 5.43. The Balaban J connectivity index is 2.01. The van der Waals surface area contributed by atoms with Gasteiger partial charge in [-0.05, 0) is 31.0 Å². The van der Waals surface area contributed by atoms with Crippen LogP contribution in [0.25, 0.3) is 0 Å². The van der Waals surface area contributed by atoms with Crippen LogP contribution in [0.1, 0.15) is 23.2 Å². The normalized spacial score (nSPS) is 17.0. The van der Waals surface area contributed by atoms with Crippen LogP contribution in [0.2, 0.25) is 5.02 Å². The molecule has 1 aliphatic rings. The lowest BCUT2D eigenvalue weighted by atomic mass is 9.97. The van der Waals surface area contributed by atoms with Crippen molar-refractivity contribution in [1.29, 1.82) is 0 Å². The van der Waals surface area contributed by atoms with Gasteiger partial charge in [0.15, 0.2) is 0 Å². The number of nitrogens with one attached hydrogen (secondary N) is 1. The summed E-state index contributed by atoms with van der Waals surface area (Å²) in [6.45, 7) is 0.607.